The normalized spacial score (nSPS) is 17.2. The van der Waals surface area contributed by atoms with Crippen LogP contribution in [0.2, 0.25) is 0 Å². The van der Waals surface area contributed by atoms with Crippen LogP contribution >= 0.6 is 47.9 Å². The van der Waals surface area contributed by atoms with E-state index < -0.39 is 0 Å². The van der Waals surface area contributed by atoms with Crippen LogP contribution in [0, 0.1) is 12.8 Å². The van der Waals surface area contributed by atoms with E-state index in [0.717, 1.165) is 48.4 Å². The average Bonchev–Trinajstić information content (AvgIpc) is 2.86. The van der Waals surface area contributed by atoms with Gasteiger partial charge in [0.2, 0.25) is 5.91 Å². The van der Waals surface area contributed by atoms with Gasteiger partial charge in [-0.3, -0.25) is 4.79 Å². The van der Waals surface area contributed by atoms with Gasteiger partial charge in [-0.15, -0.1) is 47.9 Å². The molecule has 1 aromatic rings. The van der Waals surface area contributed by atoms with Gasteiger partial charge in [-0.05, 0) is 45.2 Å². The number of hydrogen-bond donors (Lipinski definition) is 2. The number of carbonyl (C=O) groups excluding carboxylic acids is 1. The molecule has 1 aromatic heterocycles. The third-order valence-corrected chi connectivity index (χ3v) is 5.21. The molecule has 2 rings (SSSR count). The number of nitrogens with one attached hydrogen (secondary N) is 2. The summed E-state index contributed by atoms with van der Waals surface area (Å²) >= 11 is 3.30. The van der Waals surface area contributed by atoms with Gasteiger partial charge >= 0.3 is 0 Å². The van der Waals surface area contributed by atoms with Crippen LogP contribution in [0.1, 0.15) is 30.0 Å². The quantitative estimate of drug-likeness (QED) is 0.756. The van der Waals surface area contributed by atoms with Gasteiger partial charge in [0.1, 0.15) is 0 Å². The van der Waals surface area contributed by atoms with Crippen LogP contribution in [0.3, 0.4) is 0 Å². The molecule has 0 bridgehead atoms. The van der Waals surface area contributed by atoms with Crippen molar-refractivity contribution in [3.8, 4) is 0 Å². The first-order valence-electron chi connectivity index (χ1n) is 7.20. The van der Waals surface area contributed by atoms with Crippen LogP contribution in [-0.2, 0) is 10.5 Å². The molecule has 0 spiro atoms. The van der Waals surface area contributed by atoms with Crippen molar-refractivity contribution in [2.24, 2.45) is 5.92 Å². The molecule has 128 valence electrons. The Hall–Kier alpha value is -0.0100. The Kier molecular flexibility index (Phi) is 12.4. The fourth-order valence-electron chi connectivity index (χ4n) is 2.36. The fraction of sp³-hybridized carbons (Fsp3) is 0.714. The molecule has 4 nitrogen and oxygen atoms in total. The number of aryl methyl sites for hydroxylation is 1. The average molecular weight is 386 g/mol. The van der Waals surface area contributed by atoms with E-state index in [1.807, 2.05) is 6.92 Å². The van der Waals surface area contributed by atoms with Crippen LogP contribution in [0.4, 0.5) is 0 Å². The topological polar surface area (TPSA) is 54.0 Å². The fourth-order valence-corrected chi connectivity index (χ4v) is 3.82. The first-order chi connectivity index (χ1) is 9.74. The van der Waals surface area contributed by atoms with Gasteiger partial charge < -0.3 is 10.6 Å². The number of thioether (sulfide) groups is 1. The molecule has 1 saturated heterocycles. The second-order valence-corrected chi connectivity index (χ2v) is 7.25. The minimum Gasteiger partial charge on any atom is -0.355 e. The minimum atomic E-state index is 0. The summed E-state index contributed by atoms with van der Waals surface area (Å²) in [5.74, 6) is 2.23. The summed E-state index contributed by atoms with van der Waals surface area (Å²) in [6.07, 6.45) is 3.65. The molecule has 2 heterocycles. The molecule has 1 aliphatic heterocycles. The van der Waals surface area contributed by atoms with Crippen molar-refractivity contribution in [1.82, 2.24) is 15.6 Å². The molecule has 1 aliphatic rings. The SMILES string of the molecule is Cc1nc(CSCC(=O)NCCC2CCCNC2)cs1.Cl.Cl. The maximum absolute atomic E-state index is 11.7. The van der Waals surface area contributed by atoms with Crippen molar-refractivity contribution in [2.45, 2.75) is 31.9 Å². The van der Waals surface area contributed by atoms with Gasteiger partial charge in [-0.1, -0.05) is 0 Å². The Morgan fingerprint density at radius 3 is 3.00 bits per heavy atom. The van der Waals surface area contributed by atoms with E-state index in [1.54, 1.807) is 23.1 Å². The smallest absolute Gasteiger partial charge is 0.230 e. The van der Waals surface area contributed by atoms with E-state index in [4.69, 9.17) is 0 Å². The molecule has 22 heavy (non-hydrogen) atoms. The van der Waals surface area contributed by atoms with Crippen molar-refractivity contribution >= 4 is 53.8 Å². The number of piperidine rings is 1. The molecule has 0 aliphatic carbocycles. The summed E-state index contributed by atoms with van der Waals surface area (Å²) in [7, 11) is 0. The lowest BCUT2D eigenvalue weighted by atomic mass is 9.96. The number of hydrogen-bond acceptors (Lipinski definition) is 5. The molecule has 2 N–H and O–H groups in total. The van der Waals surface area contributed by atoms with Gasteiger partial charge in [-0.2, -0.15) is 0 Å². The number of rotatable bonds is 7. The molecule has 0 aromatic carbocycles. The zero-order valence-corrected chi connectivity index (χ0v) is 16.1. The second-order valence-electron chi connectivity index (χ2n) is 5.20. The highest BCUT2D eigenvalue weighted by Gasteiger charge is 2.12. The minimum absolute atomic E-state index is 0. The van der Waals surface area contributed by atoms with Gasteiger partial charge in [0.15, 0.2) is 0 Å². The Balaban J connectivity index is 0.00000220. The maximum atomic E-state index is 11.7. The molecule has 1 atom stereocenters. The standard InChI is InChI=1S/C14H23N3OS2.2ClH/c1-11-17-13(9-20-11)8-19-10-14(18)16-6-4-12-3-2-5-15-7-12;;/h9,12,15H,2-8,10H2,1H3,(H,16,18);2*1H. The molecule has 8 heteroatoms. The monoisotopic (exact) mass is 385 g/mol. The predicted octanol–water partition coefficient (Wildman–Crippen LogP) is 3.03. The van der Waals surface area contributed by atoms with Crippen LogP contribution in [-0.4, -0.2) is 36.3 Å². The maximum Gasteiger partial charge on any atom is 0.230 e. The van der Waals surface area contributed by atoms with Crippen LogP contribution in [0.15, 0.2) is 5.38 Å². The van der Waals surface area contributed by atoms with E-state index in [1.165, 1.54) is 12.8 Å². The number of amides is 1. The number of nitrogens with zero attached hydrogens (tertiary/aromatic N) is 1. The Labute approximate surface area is 153 Å². The van der Waals surface area contributed by atoms with E-state index in [0.29, 0.717) is 5.75 Å². The largest absolute Gasteiger partial charge is 0.355 e. The van der Waals surface area contributed by atoms with Gasteiger partial charge in [0.25, 0.3) is 0 Å². The first-order valence-corrected chi connectivity index (χ1v) is 9.23. The summed E-state index contributed by atoms with van der Waals surface area (Å²) in [5.41, 5.74) is 1.08. The summed E-state index contributed by atoms with van der Waals surface area (Å²) in [5, 5.41) is 9.58. The van der Waals surface area contributed by atoms with Gasteiger partial charge in [0, 0.05) is 17.7 Å². The van der Waals surface area contributed by atoms with E-state index in [2.05, 4.69) is 21.0 Å². The lowest BCUT2D eigenvalue weighted by Gasteiger charge is -2.22. The van der Waals surface area contributed by atoms with Crippen molar-refractivity contribution in [1.29, 1.82) is 0 Å². The summed E-state index contributed by atoms with van der Waals surface area (Å²) in [4.78, 5) is 16.1. The molecule has 1 amide bonds. The molecule has 0 saturated carbocycles. The molecule has 0 radical (unpaired) electrons. The van der Waals surface area contributed by atoms with Gasteiger partial charge in [-0.25, -0.2) is 4.98 Å². The highest BCUT2D eigenvalue weighted by molar-refractivity contribution is 7.99. The number of thiazole rings is 1. The third kappa shape index (κ3) is 8.58. The zero-order valence-electron chi connectivity index (χ0n) is 12.8. The third-order valence-electron chi connectivity index (χ3n) is 3.42. The highest BCUT2D eigenvalue weighted by atomic mass is 35.5. The summed E-state index contributed by atoms with van der Waals surface area (Å²) < 4.78 is 0. The van der Waals surface area contributed by atoms with E-state index in [-0.39, 0.29) is 30.7 Å². The highest BCUT2D eigenvalue weighted by Crippen LogP contribution is 2.15. The van der Waals surface area contributed by atoms with Crippen molar-refractivity contribution in [2.75, 3.05) is 25.4 Å². The van der Waals surface area contributed by atoms with Crippen LogP contribution in [0.5, 0.6) is 0 Å². The van der Waals surface area contributed by atoms with Crippen LogP contribution < -0.4 is 10.6 Å². The number of carbonyl (C=O) groups is 1. The van der Waals surface area contributed by atoms with E-state index in [9.17, 15) is 4.79 Å². The van der Waals surface area contributed by atoms with E-state index >= 15 is 0 Å². The van der Waals surface area contributed by atoms with Crippen LogP contribution in [0.25, 0.3) is 0 Å². The molecular weight excluding hydrogens is 361 g/mol. The Bertz CT molecular complexity index is 426. The lowest BCUT2D eigenvalue weighted by molar-refractivity contribution is -0.118. The Morgan fingerprint density at radius 2 is 2.36 bits per heavy atom. The van der Waals surface area contributed by atoms with Crippen molar-refractivity contribution < 1.29 is 4.79 Å². The van der Waals surface area contributed by atoms with Crippen molar-refractivity contribution in [3.05, 3.63) is 16.1 Å². The lowest BCUT2D eigenvalue weighted by Crippen LogP contribution is -2.33. The summed E-state index contributed by atoms with van der Waals surface area (Å²) in [6, 6.07) is 0. The Morgan fingerprint density at radius 1 is 1.55 bits per heavy atom. The number of aromatic nitrogens is 1. The zero-order chi connectivity index (χ0) is 14.2. The molecular formula is C14H25Cl2N3OS2. The first kappa shape index (κ1) is 22.0. The van der Waals surface area contributed by atoms with Gasteiger partial charge in [0.05, 0.1) is 16.5 Å². The number of halogens is 2. The molecule has 1 fully saturated rings. The second kappa shape index (κ2) is 12.4. The molecule has 1 unspecified atom stereocenters. The van der Waals surface area contributed by atoms with Crippen molar-refractivity contribution in [3.63, 3.8) is 0 Å². The summed E-state index contributed by atoms with van der Waals surface area (Å²) in [6.45, 7) is 5.07. The predicted molar refractivity (Wildman–Crippen MR) is 101 cm³/mol.